The largest absolute Gasteiger partial charge is 0.457 e. The van der Waals surface area contributed by atoms with E-state index in [1.165, 1.54) is 6.33 Å². The van der Waals surface area contributed by atoms with Gasteiger partial charge in [0, 0.05) is 17.5 Å². The van der Waals surface area contributed by atoms with Crippen molar-refractivity contribution >= 4 is 22.8 Å². The lowest BCUT2D eigenvalue weighted by Gasteiger charge is -2.37. The van der Waals surface area contributed by atoms with E-state index in [1.54, 1.807) is 0 Å². The monoisotopic (exact) mass is 454 g/mol. The number of nitrogens with one attached hydrogen (secondary N) is 1. The van der Waals surface area contributed by atoms with E-state index < -0.39 is 0 Å². The zero-order chi connectivity index (χ0) is 23.1. The van der Waals surface area contributed by atoms with Gasteiger partial charge in [0.25, 0.3) is 0 Å². The van der Waals surface area contributed by atoms with Gasteiger partial charge in [0.2, 0.25) is 5.91 Å². The van der Waals surface area contributed by atoms with Crippen LogP contribution in [0.1, 0.15) is 44.6 Å². The summed E-state index contributed by atoms with van der Waals surface area (Å²) >= 11 is 0. The molecule has 2 aliphatic rings. The van der Waals surface area contributed by atoms with Crippen LogP contribution in [-0.2, 0) is 4.79 Å². The van der Waals surface area contributed by atoms with Gasteiger partial charge in [0.05, 0.1) is 11.4 Å². The van der Waals surface area contributed by atoms with Gasteiger partial charge in [-0.1, -0.05) is 18.2 Å². The van der Waals surface area contributed by atoms with Gasteiger partial charge >= 0.3 is 0 Å². The van der Waals surface area contributed by atoms with Crippen LogP contribution in [-0.4, -0.2) is 31.2 Å². The maximum Gasteiger partial charge on any atom is 0.220 e. The Kier molecular flexibility index (Phi) is 4.94. The molecule has 1 spiro atoms. The molecule has 34 heavy (non-hydrogen) atoms. The van der Waals surface area contributed by atoms with Gasteiger partial charge in [0.15, 0.2) is 5.65 Å². The van der Waals surface area contributed by atoms with Crippen LogP contribution in [0.5, 0.6) is 11.5 Å². The molecule has 0 radical (unpaired) electrons. The Morgan fingerprint density at radius 2 is 1.71 bits per heavy atom. The summed E-state index contributed by atoms with van der Waals surface area (Å²) in [4.78, 5) is 20.6. The Morgan fingerprint density at radius 1 is 0.971 bits per heavy atom. The van der Waals surface area contributed by atoms with E-state index in [2.05, 4.69) is 15.3 Å². The number of ether oxygens (including phenoxy) is 1. The average molecular weight is 455 g/mol. The van der Waals surface area contributed by atoms with E-state index in [-0.39, 0.29) is 17.5 Å². The number of para-hydroxylation sites is 1. The minimum atomic E-state index is -0.0397. The molecule has 3 N–H and O–H groups in total. The van der Waals surface area contributed by atoms with E-state index in [1.807, 2.05) is 59.3 Å². The molecule has 1 aliphatic heterocycles. The van der Waals surface area contributed by atoms with E-state index in [0.717, 1.165) is 65.9 Å². The highest BCUT2D eigenvalue weighted by Crippen LogP contribution is 2.42. The van der Waals surface area contributed by atoms with Crippen LogP contribution in [0.4, 0.5) is 5.82 Å². The van der Waals surface area contributed by atoms with Gasteiger partial charge in [-0.25, -0.2) is 14.6 Å². The summed E-state index contributed by atoms with van der Waals surface area (Å²) in [6.07, 6.45) is 6.83. The van der Waals surface area contributed by atoms with Crippen LogP contribution in [0, 0.1) is 0 Å². The van der Waals surface area contributed by atoms with E-state index in [4.69, 9.17) is 15.6 Å². The van der Waals surface area contributed by atoms with Gasteiger partial charge in [-0.2, -0.15) is 5.10 Å². The van der Waals surface area contributed by atoms with Crippen molar-refractivity contribution in [3.05, 3.63) is 60.9 Å². The highest BCUT2D eigenvalue weighted by Gasteiger charge is 2.41. The fourth-order valence-corrected chi connectivity index (χ4v) is 5.31. The number of aromatic nitrogens is 4. The smallest absolute Gasteiger partial charge is 0.220 e. The third-order valence-electron chi connectivity index (χ3n) is 7.12. The highest BCUT2D eigenvalue weighted by molar-refractivity contribution is 5.98. The molecule has 4 aromatic rings. The molecule has 8 heteroatoms. The van der Waals surface area contributed by atoms with Crippen molar-refractivity contribution in [2.75, 3.05) is 5.73 Å². The summed E-state index contributed by atoms with van der Waals surface area (Å²) in [5, 5.41) is 8.98. The Hall–Kier alpha value is -3.94. The molecular weight excluding hydrogens is 428 g/mol. The third kappa shape index (κ3) is 3.65. The summed E-state index contributed by atoms with van der Waals surface area (Å²) in [6, 6.07) is 17.7. The van der Waals surface area contributed by atoms with Crippen LogP contribution in [0.2, 0.25) is 0 Å². The van der Waals surface area contributed by atoms with E-state index in [0.29, 0.717) is 12.2 Å². The molecule has 2 aromatic heterocycles. The van der Waals surface area contributed by atoms with Crippen molar-refractivity contribution in [1.29, 1.82) is 0 Å². The topological polar surface area (TPSA) is 108 Å². The molecule has 0 unspecified atom stereocenters. The zero-order valence-electron chi connectivity index (χ0n) is 18.8. The van der Waals surface area contributed by atoms with Crippen LogP contribution in [0.15, 0.2) is 60.9 Å². The first-order valence-corrected chi connectivity index (χ1v) is 11.7. The van der Waals surface area contributed by atoms with Gasteiger partial charge in [-0.05, 0) is 68.5 Å². The second kappa shape index (κ2) is 8.13. The number of nitrogens with zero attached hydrogens (tertiary/aromatic N) is 4. The predicted octanol–water partition coefficient (Wildman–Crippen LogP) is 4.63. The summed E-state index contributed by atoms with van der Waals surface area (Å²) in [5.41, 5.74) is 8.72. The van der Waals surface area contributed by atoms with Gasteiger partial charge in [0.1, 0.15) is 29.3 Å². The highest BCUT2D eigenvalue weighted by atomic mass is 16.5. The van der Waals surface area contributed by atoms with Crippen LogP contribution >= 0.6 is 0 Å². The number of carbonyl (C=O) groups is 1. The summed E-state index contributed by atoms with van der Waals surface area (Å²) in [6.45, 7) is 0. The number of benzene rings is 2. The lowest BCUT2D eigenvalue weighted by Crippen LogP contribution is -2.44. The number of amides is 1. The maximum absolute atomic E-state index is 11.8. The quantitative estimate of drug-likeness (QED) is 0.465. The Labute approximate surface area is 197 Å². The average Bonchev–Trinajstić information content (AvgIpc) is 3.43. The molecule has 1 saturated carbocycles. The van der Waals surface area contributed by atoms with Crippen molar-refractivity contribution in [3.63, 3.8) is 0 Å². The van der Waals surface area contributed by atoms with Gasteiger partial charge in [-0.3, -0.25) is 4.79 Å². The first kappa shape index (κ1) is 20.7. The lowest BCUT2D eigenvalue weighted by molar-refractivity contribution is -0.120. The van der Waals surface area contributed by atoms with Crippen molar-refractivity contribution in [2.45, 2.75) is 50.1 Å². The zero-order valence-corrected chi connectivity index (χ0v) is 18.8. The first-order valence-electron chi connectivity index (χ1n) is 11.7. The van der Waals surface area contributed by atoms with Crippen LogP contribution in [0.3, 0.4) is 0 Å². The van der Waals surface area contributed by atoms with Crippen molar-refractivity contribution in [1.82, 2.24) is 25.1 Å². The molecule has 3 heterocycles. The fourth-order valence-electron chi connectivity index (χ4n) is 5.31. The summed E-state index contributed by atoms with van der Waals surface area (Å²) in [5.74, 6) is 2.13. The standard InChI is InChI=1S/C26H26N6O2/c27-24-22-23(17-6-8-20(9-7-17)34-19-4-2-1-3-5-19)31-32(25(22)29-16-28-24)18-10-13-26(14-11-18)15-12-21(33)30-26/h1-9,16,18H,10-15H2,(H,30,33)(H2,27,28,29). The molecule has 1 aliphatic carbocycles. The molecule has 1 amide bonds. The molecule has 6 rings (SSSR count). The number of carbonyl (C=O) groups excluding carboxylic acids is 1. The number of fused-ring (bicyclic) bond motifs is 1. The van der Waals surface area contributed by atoms with Gasteiger partial charge < -0.3 is 15.8 Å². The Morgan fingerprint density at radius 3 is 2.41 bits per heavy atom. The predicted molar refractivity (Wildman–Crippen MR) is 129 cm³/mol. The minimum absolute atomic E-state index is 0.0397. The molecule has 2 aromatic carbocycles. The third-order valence-corrected chi connectivity index (χ3v) is 7.12. The van der Waals surface area contributed by atoms with E-state index >= 15 is 0 Å². The normalized spacial score (nSPS) is 22.2. The van der Waals surface area contributed by atoms with Crippen LogP contribution < -0.4 is 15.8 Å². The molecule has 8 nitrogen and oxygen atoms in total. The lowest BCUT2D eigenvalue weighted by atomic mass is 9.78. The molecule has 2 fully saturated rings. The molecule has 172 valence electrons. The number of nitrogens with two attached hydrogens (primary N) is 1. The Bertz CT molecular complexity index is 1340. The minimum Gasteiger partial charge on any atom is -0.457 e. The number of nitrogen functional groups attached to an aromatic ring is 1. The SMILES string of the molecule is Nc1ncnc2c1c(-c1ccc(Oc3ccccc3)cc1)nn2C1CCC2(CCC(=O)N2)CC1. The fraction of sp³-hybridized carbons (Fsp3) is 0.308. The molecular formula is C26H26N6O2. The van der Waals surface area contributed by atoms with Crippen molar-refractivity contribution in [2.24, 2.45) is 0 Å². The van der Waals surface area contributed by atoms with Crippen molar-refractivity contribution < 1.29 is 9.53 Å². The second-order valence-electron chi connectivity index (χ2n) is 9.25. The maximum atomic E-state index is 11.8. The van der Waals surface area contributed by atoms with Crippen molar-refractivity contribution in [3.8, 4) is 22.8 Å². The molecule has 0 bridgehead atoms. The van der Waals surface area contributed by atoms with Crippen LogP contribution in [0.25, 0.3) is 22.3 Å². The number of hydrogen-bond donors (Lipinski definition) is 2. The van der Waals surface area contributed by atoms with Gasteiger partial charge in [-0.15, -0.1) is 0 Å². The number of rotatable bonds is 4. The van der Waals surface area contributed by atoms with E-state index in [9.17, 15) is 4.79 Å². The molecule has 0 atom stereocenters. The molecule has 1 saturated heterocycles. The number of hydrogen-bond acceptors (Lipinski definition) is 6. The Balaban J connectivity index is 1.30. The number of anilines is 1. The first-order chi connectivity index (χ1) is 16.6. The second-order valence-corrected chi connectivity index (χ2v) is 9.25. The summed E-state index contributed by atoms with van der Waals surface area (Å²) in [7, 11) is 0. The summed E-state index contributed by atoms with van der Waals surface area (Å²) < 4.78 is 7.94.